The summed E-state index contributed by atoms with van der Waals surface area (Å²) < 4.78 is 5.27. The standard InChI is InChI=1S/C14H14N2O2/c1-18-13(10-6-3-2-4-7-10)12(17)11-8-5-9-16-14(11)15/h2-9,13H,1H3,(H2,15,16). The number of nitrogens with two attached hydrogens (primary N) is 1. The van der Waals surface area contributed by atoms with E-state index in [1.165, 1.54) is 7.11 Å². The number of methoxy groups -OCH3 is 1. The smallest absolute Gasteiger partial charge is 0.199 e. The Labute approximate surface area is 105 Å². The third-order valence-electron chi connectivity index (χ3n) is 2.68. The summed E-state index contributed by atoms with van der Waals surface area (Å²) in [7, 11) is 1.50. The lowest BCUT2D eigenvalue weighted by molar-refractivity contribution is 0.0605. The van der Waals surface area contributed by atoms with E-state index in [1.54, 1.807) is 18.3 Å². The van der Waals surface area contributed by atoms with Crippen LogP contribution in [0.2, 0.25) is 0 Å². The number of nitrogens with zero attached hydrogens (tertiary/aromatic N) is 1. The third kappa shape index (κ3) is 2.38. The molecule has 0 bridgehead atoms. The topological polar surface area (TPSA) is 65.2 Å². The fraction of sp³-hybridized carbons (Fsp3) is 0.143. The summed E-state index contributed by atoms with van der Waals surface area (Å²) in [5.74, 6) is 0.0368. The minimum atomic E-state index is -0.655. The molecule has 0 amide bonds. The second-order valence-electron chi connectivity index (χ2n) is 3.83. The van der Waals surface area contributed by atoms with Gasteiger partial charge in [-0.25, -0.2) is 4.98 Å². The van der Waals surface area contributed by atoms with Crippen LogP contribution in [0.25, 0.3) is 0 Å². The van der Waals surface area contributed by atoms with Crippen LogP contribution in [0.1, 0.15) is 22.0 Å². The number of ketones is 1. The summed E-state index contributed by atoms with van der Waals surface area (Å²) in [5.41, 5.74) is 6.89. The van der Waals surface area contributed by atoms with Crippen LogP contribution in [0, 0.1) is 0 Å². The quantitative estimate of drug-likeness (QED) is 0.835. The predicted molar refractivity (Wildman–Crippen MR) is 69.2 cm³/mol. The summed E-state index contributed by atoms with van der Waals surface area (Å²) >= 11 is 0. The zero-order valence-electron chi connectivity index (χ0n) is 10.0. The zero-order chi connectivity index (χ0) is 13.0. The van der Waals surface area contributed by atoms with Gasteiger partial charge in [0.25, 0.3) is 0 Å². The Bertz CT molecular complexity index is 541. The van der Waals surface area contributed by atoms with E-state index in [9.17, 15) is 4.79 Å². The molecule has 0 fully saturated rings. The molecule has 4 heteroatoms. The van der Waals surface area contributed by atoms with Crippen molar-refractivity contribution in [3.8, 4) is 0 Å². The third-order valence-corrected chi connectivity index (χ3v) is 2.68. The van der Waals surface area contributed by atoms with Gasteiger partial charge >= 0.3 is 0 Å². The van der Waals surface area contributed by atoms with E-state index >= 15 is 0 Å². The molecule has 1 atom stereocenters. The van der Waals surface area contributed by atoms with Crippen molar-refractivity contribution in [2.45, 2.75) is 6.10 Å². The summed E-state index contributed by atoms with van der Waals surface area (Å²) in [4.78, 5) is 16.3. The molecule has 4 nitrogen and oxygen atoms in total. The van der Waals surface area contributed by atoms with E-state index in [4.69, 9.17) is 10.5 Å². The van der Waals surface area contributed by atoms with Gasteiger partial charge in [0.05, 0.1) is 5.56 Å². The van der Waals surface area contributed by atoms with Crippen LogP contribution in [0.15, 0.2) is 48.7 Å². The Balaban J connectivity index is 2.35. The van der Waals surface area contributed by atoms with Crippen molar-refractivity contribution in [3.05, 3.63) is 59.8 Å². The van der Waals surface area contributed by atoms with E-state index < -0.39 is 6.10 Å². The Hall–Kier alpha value is -2.20. The Morgan fingerprint density at radius 2 is 1.94 bits per heavy atom. The molecule has 2 N–H and O–H groups in total. The van der Waals surface area contributed by atoms with Crippen LogP contribution in [0.3, 0.4) is 0 Å². The molecule has 1 unspecified atom stereocenters. The highest BCUT2D eigenvalue weighted by Gasteiger charge is 2.23. The van der Waals surface area contributed by atoms with E-state index in [2.05, 4.69) is 4.98 Å². The van der Waals surface area contributed by atoms with Crippen molar-refractivity contribution in [2.75, 3.05) is 12.8 Å². The number of benzene rings is 1. The van der Waals surface area contributed by atoms with Gasteiger partial charge in [-0.15, -0.1) is 0 Å². The number of Topliss-reactive ketones (excluding diaryl/α,β-unsaturated/α-hetero) is 1. The molecule has 1 heterocycles. The fourth-order valence-electron chi connectivity index (χ4n) is 1.79. The van der Waals surface area contributed by atoms with Gasteiger partial charge in [0.2, 0.25) is 0 Å². The monoisotopic (exact) mass is 242 g/mol. The minimum Gasteiger partial charge on any atom is -0.383 e. The SMILES string of the molecule is COC(C(=O)c1cccnc1N)c1ccccc1. The number of hydrogen-bond acceptors (Lipinski definition) is 4. The second-order valence-corrected chi connectivity index (χ2v) is 3.83. The number of nitrogen functional groups attached to an aromatic ring is 1. The van der Waals surface area contributed by atoms with Gasteiger partial charge in [0, 0.05) is 13.3 Å². The van der Waals surface area contributed by atoms with E-state index in [-0.39, 0.29) is 11.6 Å². The summed E-state index contributed by atoms with van der Waals surface area (Å²) in [6.45, 7) is 0. The van der Waals surface area contributed by atoms with Crippen molar-refractivity contribution in [2.24, 2.45) is 0 Å². The highest BCUT2D eigenvalue weighted by Crippen LogP contribution is 2.23. The predicted octanol–water partition coefficient (Wildman–Crippen LogP) is 2.23. The molecule has 0 aliphatic rings. The number of carbonyl (C=O) groups excluding carboxylic acids is 1. The van der Waals surface area contributed by atoms with Crippen molar-refractivity contribution in [1.82, 2.24) is 4.98 Å². The number of aromatic nitrogens is 1. The van der Waals surface area contributed by atoms with Crippen molar-refractivity contribution in [1.29, 1.82) is 0 Å². The first kappa shape index (κ1) is 12.3. The van der Waals surface area contributed by atoms with Crippen LogP contribution in [-0.2, 0) is 4.74 Å². The summed E-state index contributed by atoms with van der Waals surface area (Å²) in [6, 6.07) is 12.6. The van der Waals surface area contributed by atoms with Gasteiger partial charge in [0.15, 0.2) is 5.78 Å². The number of carbonyl (C=O) groups is 1. The molecule has 2 aromatic rings. The molecule has 0 radical (unpaired) electrons. The van der Waals surface area contributed by atoms with Crippen molar-refractivity contribution in [3.63, 3.8) is 0 Å². The highest BCUT2D eigenvalue weighted by atomic mass is 16.5. The number of hydrogen-bond donors (Lipinski definition) is 1. The van der Waals surface area contributed by atoms with Gasteiger partial charge in [-0.05, 0) is 17.7 Å². The average Bonchev–Trinajstić information content (AvgIpc) is 2.41. The first-order valence-corrected chi connectivity index (χ1v) is 5.56. The minimum absolute atomic E-state index is 0.186. The first-order valence-electron chi connectivity index (χ1n) is 5.56. The lowest BCUT2D eigenvalue weighted by Gasteiger charge is -2.15. The molecule has 2 rings (SSSR count). The first-order chi connectivity index (χ1) is 8.74. The van der Waals surface area contributed by atoms with Crippen molar-refractivity contribution < 1.29 is 9.53 Å². The molecule has 0 aliphatic heterocycles. The maximum absolute atomic E-state index is 12.4. The van der Waals surface area contributed by atoms with Crippen LogP contribution in [-0.4, -0.2) is 17.9 Å². The lowest BCUT2D eigenvalue weighted by atomic mass is 10.0. The molecule has 1 aromatic heterocycles. The van der Waals surface area contributed by atoms with Crippen LogP contribution in [0.5, 0.6) is 0 Å². The summed E-state index contributed by atoms with van der Waals surface area (Å²) in [5, 5.41) is 0. The lowest BCUT2D eigenvalue weighted by Crippen LogP contribution is -2.16. The number of anilines is 1. The number of pyridine rings is 1. The maximum Gasteiger partial charge on any atom is 0.199 e. The van der Waals surface area contributed by atoms with Crippen molar-refractivity contribution >= 4 is 11.6 Å². The van der Waals surface area contributed by atoms with E-state index in [0.29, 0.717) is 5.56 Å². The fourth-order valence-corrected chi connectivity index (χ4v) is 1.79. The Kier molecular flexibility index (Phi) is 3.69. The average molecular weight is 242 g/mol. The highest BCUT2D eigenvalue weighted by molar-refractivity contribution is 6.03. The van der Waals surface area contributed by atoms with Gasteiger partial charge < -0.3 is 10.5 Å². The van der Waals surface area contributed by atoms with Crippen LogP contribution < -0.4 is 5.73 Å². The molecule has 18 heavy (non-hydrogen) atoms. The van der Waals surface area contributed by atoms with E-state index in [1.807, 2.05) is 30.3 Å². The Morgan fingerprint density at radius 3 is 2.56 bits per heavy atom. The van der Waals surface area contributed by atoms with E-state index in [0.717, 1.165) is 5.56 Å². The van der Waals surface area contributed by atoms with Gasteiger partial charge in [-0.2, -0.15) is 0 Å². The number of ether oxygens (including phenoxy) is 1. The molecule has 0 spiro atoms. The number of rotatable bonds is 4. The van der Waals surface area contributed by atoms with Crippen LogP contribution >= 0.6 is 0 Å². The normalized spacial score (nSPS) is 12.1. The van der Waals surface area contributed by atoms with Gasteiger partial charge in [-0.1, -0.05) is 30.3 Å². The molecular weight excluding hydrogens is 228 g/mol. The zero-order valence-corrected chi connectivity index (χ0v) is 10.0. The molecule has 0 aliphatic carbocycles. The molecule has 0 saturated heterocycles. The molecule has 92 valence electrons. The Morgan fingerprint density at radius 1 is 1.22 bits per heavy atom. The summed E-state index contributed by atoms with van der Waals surface area (Å²) in [6.07, 6.45) is 0.897. The molecular formula is C14H14N2O2. The van der Waals surface area contributed by atoms with Crippen LogP contribution in [0.4, 0.5) is 5.82 Å². The van der Waals surface area contributed by atoms with Gasteiger partial charge in [0.1, 0.15) is 11.9 Å². The maximum atomic E-state index is 12.4. The second kappa shape index (κ2) is 5.42. The molecule has 0 saturated carbocycles. The largest absolute Gasteiger partial charge is 0.383 e. The molecule has 1 aromatic carbocycles. The van der Waals surface area contributed by atoms with Gasteiger partial charge in [-0.3, -0.25) is 4.79 Å².